The Kier molecular flexibility index (Phi) is 7.15. The third-order valence-corrected chi connectivity index (χ3v) is 6.22. The third-order valence-electron chi connectivity index (χ3n) is 5.19. The predicted octanol–water partition coefficient (Wildman–Crippen LogP) is 7.17. The Morgan fingerprint density at radius 1 is 0.848 bits per heavy atom. The average molecular weight is 464 g/mol. The van der Waals surface area contributed by atoms with E-state index in [0.717, 1.165) is 21.6 Å². The monoisotopic (exact) mass is 463 g/mol. The van der Waals surface area contributed by atoms with Crippen molar-refractivity contribution in [2.24, 2.45) is 0 Å². The van der Waals surface area contributed by atoms with E-state index in [2.05, 4.69) is 4.74 Å². The number of carbonyl (C=O) groups is 1. The van der Waals surface area contributed by atoms with Crippen molar-refractivity contribution < 1.29 is 18.3 Å². The van der Waals surface area contributed by atoms with Gasteiger partial charge in [0.1, 0.15) is 5.75 Å². The van der Waals surface area contributed by atoms with Gasteiger partial charge >= 0.3 is 6.61 Å². The number of alkyl halides is 2. The molecule has 0 spiro atoms. The highest BCUT2D eigenvalue weighted by Crippen LogP contribution is 2.31. The van der Waals surface area contributed by atoms with Crippen LogP contribution in [0.2, 0.25) is 0 Å². The lowest BCUT2D eigenvalue weighted by Gasteiger charge is -2.24. The molecule has 3 aromatic carbocycles. The number of carbonyl (C=O) groups excluding carboxylic acids is 1. The number of ether oxygens (including phenoxy) is 1. The van der Waals surface area contributed by atoms with Crippen LogP contribution in [0.15, 0.2) is 91.0 Å². The molecule has 0 atom stereocenters. The maximum atomic E-state index is 13.8. The summed E-state index contributed by atoms with van der Waals surface area (Å²) in [5.41, 5.74) is 3.37. The van der Waals surface area contributed by atoms with Gasteiger partial charge in [-0.25, -0.2) is 0 Å². The number of benzene rings is 3. The molecule has 0 saturated carbocycles. The van der Waals surface area contributed by atoms with Crippen LogP contribution in [0.1, 0.15) is 26.4 Å². The molecule has 4 rings (SSSR count). The molecule has 6 heteroatoms. The van der Waals surface area contributed by atoms with Gasteiger partial charge < -0.3 is 9.64 Å². The van der Waals surface area contributed by atoms with Gasteiger partial charge in [-0.05, 0) is 48.4 Å². The summed E-state index contributed by atoms with van der Waals surface area (Å²) in [5.74, 6) is 0.00140. The van der Waals surface area contributed by atoms with Crippen LogP contribution in [0.3, 0.4) is 0 Å². The van der Waals surface area contributed by atoms with Gasteiger partial charge in [0, 0.05) is 34.0 Å². The Labute approximate surface area is 195 Å². The van der Waals surface area contributed by atoms with E-state index >= 15 is 0 Å². The minimum Gasteiger partial charge on any atom is -0.435 e. The summed E-state index contributed by atoms with van der Waals surface area (Å²) in [6.45, 7) is -0.0704. The van der Waals surface area contributed by atoms with Crippen LogP contribution >= 0.6 is 11.3 Å². The van der Waals surface area contributed by atoms with Crippen LogP contribution in [-0.4, -0.2) is 17.4 Å². The summed E-state index contributed by atoms with van der Waals surface area (Å²) in [6, 6.07) is 27.9. The second-order valence-corrected chi connectivity index (χ2v) is 8.91. The van der Waals surface area contributed by atoms with Gasteiger partial charge in [-0.3, -0.25) is 4.79 Å². The quantitative estimate of drug-likeness (QED) is 0.277. The fraction of sp³-hybridized carbons (Fsp3) is 0.148. The van der Waals surface area contributed by atoms with E-state index in [1.807, 2.05) is 73.7 Å². The van der Waals surface area contributed by atoms with Crippen molar-refractivity contribution in [3.8, 4) is 16.2 Å². The van der Waals surface area contributed by atoms with Gasteiger partial charge in [0.05, 0.1) is 0 Å². The Bertz CT molecular complexity index is 1210. The highest BCUT2D eigenvalue weighted by molar-refractivity contribution is 7.15. The van der Waals surface area contributed by atoms with Crippen molar-refractivity contribution in [2.75, 3.05) is 0 Å². The Morgan fingerprint density at radius 2 is 1.48 bits per heavy atom. The van der Waals surface area contributed by atoms with E-state index in [0.29, 0.717) is 18.7 Å². The molecule has 0 aliphatic heterocycles. The van der Waals surface area contributed by atoms with E-state index < -0.39 is 6.61 Å². The molecule has 1 amide bonds. The largest absolute Gasteiger partial charge is 0.435 e. The molecule has 0 fully saturated rings. The van der Waals surface area contributed by atoms with Gasteiger partial charge in [-0.1, -0.05) is 60.7 Å². The van der Waals surface area contributed by atoms with Crippen molar-refractivity contribution in [3.63, 3.8) is 0 Å². The number of aryl methyl sites for hydroxylation is 1. The number of rotatable bonds is 8. The van der Waals surface area contributed by atoms with Crippen LogP contribution in [0, 0.1) is 6.92 Å². The molecule has 3 nitrogen and oxygen atoms in total. The minimum atomic E-state index is -2.87. The zero-order valence-electron chi connectivity index (χ0n) is 18.1. The van der Waals surface area contributed by atoms with E-state index in [1.54, 1.807) is 28.4 Å². The van der Waals surface area contributed by atoms with Crippen molar-refractivity contribution in [3.05, 3.63) is 113 Å². The summed E-state index contributed by atoms with van der Waals surface area (Å²) >= 11 is 1.65. The van der Waals surface area contributed by atoms with Crippen LogP contribution in [0.5, 0.6) is 5.75 Å². The molecule has 0 radical (unpaired) electrons. The lowest BCUT2D eigenvalue weighted by atomic mass is 10.0. The lowest BCUT2D eigenvalue weighted by Crippen LogP contribution is -2.30. The van der Waals surface area contributed by atoms with E-state index in [9.17, 15) is 13.6 Å². The molecule has 0 aliphatic rings. The Morgan fingerprint density at radius 3 is 2.12 bits per heavy atom. The molecular weight excluding hydrogens is 440 g/mol. The van der Waals surface area contributed by atoms with Crippen LogP contribution in [0.25, 0.3) is 10.4 Å². The highest BCUT2D eigenvalue weighted by atomic mass is 32.1. The summed E-state index contributed by atoms with van der Waals surface area (Å²) in [5, 5.41) is 0. The highest BCUT2D eigenvalue weighted by Gasteiger charge is 2.21. The van der Waals surface area contributed by atoms with Crippen LogP contribution in [0.4, 0.5) is 8.78 Å². The first-order valence-corrected chi connectivity index (χ1v) is 11.3. The SMILES string of the molecule is Cc1ccc(-c2ccccc2C(=O)N(Cc2ccccc2)Cc2ccc(OC(F)F)cc2)s1. The summed E-state index contributed by atoms with van der Waals surface area (Å²) in [6.07, 6.45) is 0. The lowest BCUT2D eigenvalue weighted by molar-refractivity contribution is -0.0498. The zero-order valence-corrected chi connectivity index (χ0v) is 18.9. The Balaban J connectivity index is 1.65. The first-order chi connectivity index (χ1) is 16.0. The first-order valence-electron chi connectivity index (χ1n) is 10.5. The number of amides is 1. The average Bonchev–Trinajstić information content (AvgIpc) is 3.26. The number of hydrogen-bond acceptors (Lipinski definition) is 3. The first kappa shape index (κ1) is 22.7. The smallest absolute Gasteiger partial charge is 0.387 e. The van der Waals surface area contributed by atoms with Crippen molar-refractivity contribution in [1.82, 2.24) is 4.90 Å². The van der Waals surface area contributed by atoms with Gasteiger partial charge in [-0.15, -0.1) is 11.3 Å². The summed E-state index contributed by atoms with van der Waals surface area (Å²) < 4.78 is 29.4. The van der Waals surface area contributed by atoms with Gasteiger partial charge in [-0.2, -0.15) is 8.78 Å². The zero-order chi connectivity index (χ0) is 23.2. The van der Waals surface area contributed by atoms with Crippen molar-refractivity contribution in [1.29, 1.82) is 0 Å². The molecule has 4 aromatic rings. The molecule has 0 bridgehead atoms. The van der Waals surface area contributed by atoms with Gasteiger partial charge in [0.2, 0.25) is 0 Å². The standard InChI is InChI=1S/C27H23F2NO2S/c1-19-11-16-25(33-19)23-9-5-6-10-24(23)26(31)30(17-20-7-3-2-4-8-20)18-21-12-14-22(15-13-21)32-27(28)29/h2-16,27H,17-18H2,1H3. The molecule has 33 heavy (non-hydrogen) atoms. The summed E-state index contributed by atoms with van der Waals surface area (Å²) in [4.78, 5) is 17.8. The molecule has 168 valence electrons. The van der Waals surface area contributed by atoms with Crippen molar-refractivity contribution in [2.45, 2.75) is 26.6 Å². The number of nitrogens with zero attached hydrogens (tertiary/aromatic N) is 1. The van der Waals surface area contributed by atoms with E-state index in [1.165, 1.54) is 17.0 Å². The maximum absolute atomic E-state index is 13.8. The second-order valence-electron chi connectivity index (χ2n) is 7.63. The number of halogens is 2. The minimum absolute atomic E-state index is 0.0894. The topological polar surface area (TPSA) is 29.5 Å². The molecule has 1 heterocycles. The molecule has 1 aromatic heterocycles. The van der Waals surface area contributed by atoms with E-state index in [4.69, 9.17) is 0 Å². The van der Waals surface area contributed by atoms with E-state index in [-0.39, 0.29) is 11.7 Å². The summed E-state index contributed by atoms with van der Waals surface area (Å²) in [7, 11) is 0. The Hall–Kier alpha value is -3.51. The second kappa shape index (κ2) is 10.4. The maximum Gasteiger partial charge on any atom is 0.387 e. The van der Waals surface area contributed by atoms with Gasteiger partial charge in [0.25, 0.3) is 5.91 Å². The van der Waals surface area contributed by atoms with Crippen molar-refractivity contribution >= 4 is 17.2 Å². The number of thiophene rings is 1. The molecule has 0 saturated heterocycles. The fourth-order valence-electron chi connectivity index (χ4n) is 3.63. The normalized spacial score (nSPS) is 10.9. The van der Waals surface area contributed by atoms with Gasteiger partial charge in [0.15, 0.2) is 0 Å². The molecule has 0 unspecified atom stereocenters. The third kappa shape index (κ3) is 5.84. The van der Waals surface area contributed by atoms with Crippen LogP contribution in [-0.2, 0) is 13.1 Å². The molecule has 0 N–H and O–H groups in total. The number of hydrogen-bond donors (Lipinski definition) is 0. The van der Waals surface area contributed by atoms with Crippen LogP contribution < -0.4 is 4.74 Å². The fourth-order valence-corrected chi connectivity index (χ4v) is 4.54. The predicted molar refractivity (Wildman–Crippen MR) is 128 cm³/mol. The molecule has 0 aliphatic carbocycles. The molecular formula is C27H23F2NO2S.